The Balaban J connectivity index is 1.78. The van der Waals surface area contributed by atoms with Crippen LogP contribution in [0.15, 0.2) is 41.6 Å². The minimum atomic E-state index is 0.658. The Morgan fingerprint density at radius 3 is 2.71 bits per heavy atom. The first-order valence-corrected chi connectivity index (χ1v) is 7.03. The molecule has 0 atom stereocenters. The van der Waals surface area contributed by atoms with Crippen LogP contribution in [0.4, 0.5) is 11.6 Å². The van der Waals surface area contributed by atoms with Crippen molar-refractivity contribution in [2.75, 3.05) is 11.6 Å². The van der Waals surface area contributed by atoms with Crippen molar-refractivity contribution in [1.82, 2.24) is 9.55 Å². The number of rotatable bonds is 4. The van der Waals surface area contributed by atoms with E-state index >= 15 is 0 Å². The second-order valence-corrected chi connectivity index (χ2v) is 5.12. The van der Waals surface area contributed by atoms with Gasteiger partial charge in [0.05, 0.1) is 0 Å². The van der Waals surface area contributed by atoms with Crippen molar-refractivity contribution >= 4 is 23.4 Å². The summed E-state index contributed by atoms with van der Waals surface area (Å²) < 4.78 is 2.22. The van der Waals surface area contributed by atoms with Gasteiger partial charge in [-0.1, -0.05) is 0 Å². The molecule has 1 saturated carbocycles. The lowest BCUT2D eigenvalue weighted by Gasteiger charge is -2.09. The molecule has 1 fully saturated rings. The summed E-state index contributed by atoms with van der Waals surface area (Å²) in [6.45, 7) is 0. The topological polar surface area (TPSA) is 29.9 Å². The largest absolute Gasteiger partial charge is 0.326 e. The highest BCUT2D eigenvalue weighted by Gasteiger charge is 2.25. The van der Waals surface area contributed by atoms with Crippen LogP contribution in [0.25, 0.3) is 0 Å². The monoisotopic (exact) mass is 245 g/mol. The zero-order valence-electron chi connectivity index (χ0n) is 9.76. The van der Waals surface area contributed by atoms with Gasteiger partial charge in [0.1, 0.15) is 0 Å². The predicted molar refractivity (Wildman–Crippen MR) is 72.0 cm³/mol. The summed E-state index contributed by atoms with van der Waals surface area (Å²) in [7, 11) is 0. The average Bonchev–Trinajstić information content (AvgIpc) is 3.11. The van der Waals surface area contributed by atoms with Gasteiger partial charge < -0.3 is 9.88 Å². The molecule has 0 aliphatic heterocycles. The number of aromatic nitrogens is 2. The second-order valence-electron chi connectivity index (χ2n) is 4.24. The van der Waals surface area contributed by atoms with Crippen LogP contribution in [-0.2, 0) is 0 Å². The molecule has 1 aliphatic rings. The van der Waals surface area contributed by atoms with Gasteiger partial charge in [-0.2, -0.15) is 0 Å². The maximum Gasteiger partial charge on any atom is 0.207 e. The molecule has 1 aliphatic carbocycles. The first-order chi connectivity index (χ1) is 8.36. The summed E-state index contributed by atoms with van der Waals surface area (Å²) in [6.07, 6.45) is 8.54. The molecule has 0 saturated heterocycles. The van der Waals surface area contributed by atoms with E-state index in [2.05, 4.69) is 51.6 Å². The van der Waals surface area contributed by atoms with Crippen molar-refractivity contribution in [2.45, 2.75) is 23.8 Å². The number of thioether (sulfide) groups is 1. The Morgan fingerprint density at radius 2 is 2.06 bits per heavy atom. The predicted octanol–water partition coefficient (Wildman–Crippen LogP) is 3.68. The lowest BCUT2D eigenvalue weighted by atomic mass is 10.3. The summed E-state index contributed by atoms with van der Waals surface area (Å²) in [5.74, 6) is 0.949. The average molecular weight is 245 g/mol. The highest BCUT2D eigenvalue weighted by atomic mass is 32.2. The number of nitrogens with one attached hydrogen (secondary N) is 1. The number of benzene rings is 1. The van der Waals surface area contributed by atoms with Gasteiger partial charge in [0.2, 0.25) is 5.95 Å². The molecular weight excluding hydrogens is 230 g/mol. The van der Waals surface area contributed by atoms with Gasteiger partial charge in [-0.3, -0.25) is 0 Å². The molecule has 3 nitrogen and oxygen atoms in total. The zero-order valence-corrected chi connectivity index (χ0v) is 10.6. The molecule has 88 valence electrons. The molecule has 1 aromatic heterocycles. The van der Waals surface area contributed by atoms with Crippen molar-refractivity contribution in [2.24, 2.45) is 0 Å². The van der Waals surface area contributed by atoms with Gasteiger partial charge in [-0.15, -0.1) is 11.8 Å². The fourth-order valence-electron chi connectivity index (χ4n) is 1.86. The molecular formula is C13H15N3S. The van der Waals surface area contributed by atoms with Gasteiger partial charge in [0, 0.05) is 29.0 Å². The molecule has 1 N–H and O–H groups in total. The summed E-state index contributed by atoms with van der Waals surface area (Å²) in [5.41, 5.74) is 1.09. The van der Waals surface area contributed by atoms with E-state index in [4.69, 9.17) is 0 Å². The summed E-state index contributed by atoms with van der Waals surface area (Å²) in [6, 6.07) is 9.09. The minimum absolute atomic E-state index is 0.658. The van der Waals surface area contributed by atoms with E-state index in [1.54, 1.807) is 11.8 Å². The molecule has 1 aromatic carbocycles. The second kappa shape index (κ2) is 4.45. The molecule has 0 bridgehead atoms. The maximum atomic E-state index is 4.36. The van der Waals surface area contributed by atoms with Gasteiger partial charge >= 0.3 is 0 Å². The SMILES string of the molecule is CSc1ccc(Nc2nccn2C2CC2)cc1. The van der Waals surface area contributed by atoms with Crippen LogP contribution in [0, 0.1) is 0 Å². The van der Waals surface area contributed by atoms with Crippen molar-refractivity contribution < 1.29 is 0 Å². The molecule has 3 rings (SSSR count). The van der Waals surface area contributed by atoms with E-state index in [-0.39, 0.29) is 0 Å². The minimum Gasteiger partial charge on any atom is -0.326 e. The Morgan fingerprint density at radius 1 is 1.29 bits per heavy atom. The molecule has 17 heavy (non-hydrogen) atoms. The van der Waals surface area contributed by atoms with Crippen molar-refractivity contribution in [3.05, 3.63) is 36.7 Å². The highest BCUT2D eigenvalue weighted by molar-refractivity contribution is 7.98. The van der Waals surface area contributed by atoms with E-state index < -0.39 is 0 Å². The van der Waals surface area contributed by atoms with Crippen molar-refractivity contribution in [1.29, 1.82) is 0 Å². The van der Waals surface area contributed by atoms with E-state index in [9.17, 15) is 0 Å². The molecule has 0 spiro atoms. The first kappa shape index (κ1) is 10.7. The molecule has 0 amide bonds. The fraction of sp³-hybridized carbons (Fsp3) is 0.308. The zero-order chi connectivity index (χ0) is 11.7. The van der Waals surface area contributed by atoms with Crippen LogP contribution in [0.5, 0.6) is 0 Å². The fourth-order valence-corrected chi connectivity index (χ4v) is 2.27. The van der Waals surface area contributed by atoms with E-state index in [1.165, 1.54) is 17.7 Å². The van der Waals surface area contributed by atoms with Gasteiger partial charge in [0.15, 0.2) is 0 Å². The van der Waals surface area contributed by atoms with Crippen LogP contribution >= 0.6 is 11.8 Å². The van der Waals surface area contributed by atoms with E-state index in [0.29, 0.717) is 6.04 Å². The summed E-state index contributed by atoms with van der Waals surface area (Å²) in [5, 5.41) is 3.37. The third-order valence-corrected chi connectivity index (χ3v) is 3.70. The smallest absolute Gasteiger partial charge is 0.207 e. The molecule has 0 radical (unpaired) electrons. The molecule has 2 aromatic rings. The lowest BCUT2D eigenvalue weighted by Crippen LogP contribution is -2.00. The van der Waals surface area contributed by atoms with Gasteiger partial charge in [-0.25, -0.2) is 4.98 Å². The summed E-state index contributed by atoms with van der Waals surface area (Å²) >= 11 is 1.75. The van der Waals surface area contributed by atoms with Crippen LogP contribution in [0.3, 0.4) is 0 Å². The first-order valence-electron chi connectivity index (χ1n) is 5.81. The van der Waals surface area contributed by atoms with Gasteiger partial charge in [-0.05, 0) is 43.4 Å². The summed E-state index contributed by atoms with van der Waals surface area (Å²) in [4.78, 5) is 5.64. The molecule has 4 heteroatoms. The van der Waals surface area contributed by atoms with E-state index in [1.807, 2.05) is 6.20 Å². The molecule has 0 unspecified atom stereocenters. The van der Waals surface area contributed by atoms with Gasteiger partial charge in [0.25, 0.3) is 0 Å². The normalized spacial score (nSPS) is 14.9. The van der Waals surface area contributed by atoms with Crippen molar-refractivity contribution in [3.63, 3.8) is 0 Å². The van der Waals surface area contributed by atoms with Crippen LogP contribution < -0.4 is 5.32 Å². The van der Waals surface area contributed by atoms with Crippen molar-refractivity contribution in [3.8, 4) is 0 Å². The number of nitrogens with zero attached hydrogens (tertiary/aromatic N) is 2. The number of hydrogen-bond donors (Lipinski definition) is 1. The van der Waals surface area contributed by atoms with Crippen LogP contribution in [-0.4, -0.2) is 15.8 Å². The quantitative estimate of drug-likeness (QED) is 0.833. The number of anilines is 2. The van der Waals surface area contributed by atoms with Crippen LogP contribution in [0.2, 0.25) is 0 Å². The molecule has 1 heterocycles. The maximum absolute atomic E-state index is 4.36. The Labute approximate surface area is 105 Å². The Kier molecular flexibility index (Phi) is 2.81. The lowest BCUT2D eigenvalue weighted by molar-refractivity contribution is 0.751. The Bertz CT molecular complexity index is 500. The van der Waals surface area contributed by atoms with E-state index in [0.717, 1.165) is 11.6 Å². The number of hydrogen-bond acceptors (Lipinski definition) is 3. The highest BCUT2D eigenvalue weighted by Crippen LogP contribution is 2.37. The Hall–Kier alpha value is -1.42. The van der Waals surface area contributed by atoms with Crippen LogP contribution in [0.1, 0.15) is 18.9 Å². The third kappa shape index (κ3) is 2.31. The standard InChI is InChI=1S/C13H15N3S/c1-17-12-6-2-10(3-7-12)15-13-14-8-9-16(13)11-4-5-11/h2-3,6-9,11H,4-5H2,1H3,(H,14,15). The number of imidazole rings is 1. The third-order valence-electron chi connectivity index (χ3n) is 2.96.